The lowest BCUT2D eigenvalue weighted by Gasteiger charge is -2.16. The summed E-state index contributed by atoms with van der Waals surface area (Å²) in [5.74, 6) is 0.702. The minimum Gasteiger partial charge on any atom is -0.489 e. The van der Waals surface area contributed by atoms with Crippen molar-refractivity contribution in [1.82, 2.24) is 18.8 Å². The van der Waals surface area contributed by atoms with Crippen LogP contribution in [-0.4, -0.2) is 46.5 Å². The van der Waals surface area contributed by atoms with Gasteiger partial charge in [0, 0.05) is 31.2 Å². The molecule has 0 unspecified atom stereocenters. The predicted octanol–water partition coefficient (Wildman–Crippen LogP) is 1.70. The summed E-state index contributed by atoms with van der Waals surface area (Å²) >= 11 is 0. The first-order valence-electron chi connectivity index (χ1n) is 7.57. The van der Waals surface area contributed by atoms with Crippen LogP contribution in [0.2, 0.25) is 0 Å². The highest BCUT2D eigenvalue weighted by molar-refractivity contribution is 7.89. The molecule has 3 heterocycles. The van der Waals surface area contributed by atoms with Crippen LogP contribution in [0.15, 0.2) is 42.1 Å². The van der Waals surface area contributed by atoms with E-state index in [4.69, 9.17) is 4.74 Å². The van der Waals surface area contributed by atoms with Gasteiger partial charge in [-0.1, -0.05) is 0 Å². The molecule has 0 spiro atoms. The van der Waals surface area contributed by atoms with Gasteiger partial charge in [0.25, 0.3) is 10.0 Å². The molecule has 0 aliphatic carbocycles. The molecule has 2 aromatic heterocycles. The Balaban J connectivity index is 1.69. The molecule has 7 nitrogen and oxygen atoms in total. The van der Waals surface area contributed by atoms with Gasteiger partial charge in [0.2, 0.25) is 0 Å². The number of pyridine rings is 1. The summed E-state index contributed by atoms with van der Waals surface area (Å²) in [6.45, 7) is 4.73. The van der Waals surface area contributed by atoms with Gasteiger partial charge in [-0.2, -0.15) is 4.31 Å². The molecule has 0 aromatic carbocycles. The van der Waals surface area contributed by atoms with E-state index in [0.717, 1.165) is 0 Å². The number of imidazole rings is 1. The van der Waals surface area contributed by atoms with Gasteiger partial charge in [0.1, 0.15) is 11.9 Å². The molecular formula is C15H20N4O3S. The third-order valence-corrected chi connectivity index (χ3v) is 5.59. The first kappa shape index (κ1) is 15.9. The van der Waals surface area contributed by atoms with Crippen molar-refractivity contribution in [3.8, 4) is 5.75 Å². The predicted molar refractivity (Wildman–Crippen MR) is 84.6 cm³/mol. The lowest BCUT2D eigenvalue weighted by atomic mass is 10.3. The van der Waals surface area contributed by atoms with Gasteiger partial charge < -0.3 is 9.30 Å². The second-order valence-corrected chi connectivity index (χ2v) is 7.71. The fourth-order valence-corrected chi connectivity index (χ4v) is 3.90. The largest absolute Gasteiger partial charge is 0.489 e. The fourth-order valence-electron chi connectivity index (χ4n) is 2.49. The second-order valence-electron chi connectivity index (χ2n) is 5.83. The maximum Gasteiger partial charge on any atom is 0.262 e. The van der Waals surface area contributed by atoms with Gasteiger partial charge in [0.15, 0.2) is 5.03 Å². The van der Waals surface area contributed by atoms with E-state index in [1.807, 2.05) is 13.8 Å². The monoisotopic (exact) mass is 336 g/mol. The average Bonchev–Trinajstić information content (AvgIpc) is 3.18. The van der Waals surface area contributed by atoms with E-state index < -0.39 is 10.0 Å². The van der Waals surface area contributed by atoms with Gasteiger partial charge in [0.05, 0.1) is 12.9 Å². The second kappa shape index (κ2) is 6.29. The van der Waals surface area contributed by atoms with Crippen LogP contribution in [0.3, 0.4) is 0 Å². The lowest BCUT2D eigenvalue weighted by Crippen LogP contribution is -2.31. The first-order chi connectivity index (χ1) is 11.0. The lowest BCUT2D eigenvalue weighted by molar-refractivity contribution is 0.215. The van der Waals surface area contributed by atoms with E-state index in [1.54, 1.807) is 41.6 Å². The van der Waals surface area contributed by atoms with Gasteiger partial charge in [-0.05, 0) is 32.4 Å². The third-order valence-electron chi connectivity index (χ3n) is 3.84. The maximum atomic E-state index is 12.7. The third kappa shape index (κ3) is 3.37. The smallest absolute Gasteiger partial charge is 0.262 e. The molecule has 0 bridgehead atoms. The molecule has 124 valence electrons. The Bertz CT molecular complexity index is 758. The zero-order valence-corrected chi connectivity index (χ0v) is 14.0. The maximum absolute atomic E-state index is 12.7. The molecule has 1 aliphatic rings. The van der Waals surface area contributed by atoms with Crippen LogP contribution in [0.1, 0.15) is 26.3 Å². The Kier molecular flexibility index (Phi) is 4.36. The van der Waals surface area contributed by atoms with Crippen LogP contribution in [-0.2, 0) is 10.0 Å². The molecule has 8 heteroatoms. The molecule has 1 saturated heterocycles. The Morgan fingerprint density at radius 3 is 2.70 bits per heavy atom. The van der Waals surface area contributed by atoms with Gasteiger partial charge >= 0.3 is 0 Å². The number of aromatic nitrogens is 3. The normalized spacial score (nSPS) is 19.3. The average molecular weight is 336 g/mol. The van der Waals surface area contributed by atoms with E-state index in [0.29, 0.717) is 25.3 Å². The van der Waals surface area contributed by atoms with Gasteiger partial charge in [-0.3, -0.25) is 4.98 Å². The number of sulfonamides is 1. The highest BCUT2D eigenvalue weighted by Gasteiger charge is 2.35. The van der Waals surface area contributed by atoms with Crippen molar-refractivity contribution in [3.63, 3.8) is 0 Å². The van der Waals surface area contributed by atoms with Crippen molar-refractivity contribution >= 4 is 10.0 Å². The molecular weight excluding hydrogens is 316 g/mol. The summed E-state index contributed by atoms with van der Waals surface area (Å²) in [6.07, 6.45) is 6.94. The molecule has 0 amide bonds. The van der Waals surface area contributed by atoms with Gasteiger partial charge in [-0.15, -0.1) is 0 Å². The van der Waals surface area contributed by atoms with Crippen LogP contribution < -0.4 is 4.74 Å². The van der Waals surface area contributed by atoms with E-state index in [1.165, 1.54) is 4.31 Å². The zero-order valence-electron chi connectivity index (χ0n) is 13.2. The van der Waals surface area contributed by atoms with E-state index in [-0.39, 0.29) is 17.2 Å². The van der Waals surface area contributed by atoms with Crippen LogP contribution in [0.25, 0.3) is 0 Å². The quantitative estimate of drug-likeness (QED) is 0.830. The highest BCUT2D eigenvalue weighted by atomic mass is 32.2. The summed E-state index contributed by atoms with van der Waals surface area (Å²) in [4.78, 5) is 7.98. The Hall–Kier alpha value is -1.93. The molecule has 1 atom stereocenters. The molecule has 1 fully saturated rings. The minimum absolute atomic E-state index is 0.0933. The molecule has 0 radical (unpaired) electrons. The number of hydrogen-bond acceptors (Lipinski definition) is 5. The zero-order chi connectivity index (χ0) is 16.4. The van der Waals surface area contributed by atoms with Crippen LogP contribution >= 0.6 is 0 Å². The highest BCUT2D eigenvalue weighted by Crippen LogP contribution is 2.23. The number of nitrogens with zero attached hydrogens (tertiary/aromatic N) is 4. The number of hydrogen-bond donors (Lipinski definition) is 0. The number of rotatable bonds is 5. The number of ether oxygens (including phenoxy) is 1. The Labute approximate surface area is 136 Å². The Morgan fingerprint density at radius 1 is 1.30 bits per heavy atom. The van der Waals surface area contributed by atoms with E-state index in [2.05, 4.69) is 9.97 Å². The van der Waals surface area contributed by atoms with Gasteiger partial charge in [-0.25, -0.2) is 13.4 Å². The van der Waals surface area contributed by atoms with Crippen molar-refractivity contribution in [1.29, 1.82) is 0 Å². The summed E-state index contributed by atoms with van der Waals surface area (Å²) in [5, 5.41) is 0.0933. The molecule has 2 aromatic rings. The summed E-state index contributed by atoms with van der Waals surface area (Å²) in [6, 6.07) is 3.70. The summed E-state index contributed by atoms with van der Waals surface area (Å²) in [5.41, 5.74) is 0. The summed E-state index contributed by atoms with van der Waals surface area (Å²) in [7, 11) is -3.57. The standard InChI is InChI=1S/C15H20N4O3S/c1-12(2)18-10-15(17-11-18)23(20,21)19-8-5-14(9-19)22-13-3-6-16-7-4-13/h3-4,6-7,10-12,14H,5,8-9H2,1-2H3/t14-/m1/s1. The molecule has 0 saturated carbocycles. The Morgan fingerprint density at radius 2 is 2.04 bits per heavy atom. The first-order valence-corrected chi connectivity index (χ1v) is 9.01. The summed E-state index contributed by atoms with van der Waals surface area (Å²) < 4.78 is 34.3. The van der Waals surface area contributed by atoms with Crippen molar-refractivity contribution < 1.29 is 13.2 Å². The van der Waals surface area contributed by atoms with Crippen LogP contribution in [0, 0.1) is 0 Å². The molecule has 23 heavy (non-hydrogen) atoms. The van der Waals surface area contributed by atoms with E-state index in [9.17, 15) is 8.42 Å². The van der Waals surface area contributed by atoms with Crippen molar-refractivity contribution in [2.75, 3.05) is 13.1 Å². The molecule has 3 rings (SSSR count). The topological polar surface area (TPSA) is 77.3 Å². The molecule has 1 aliphatic heterocycles. The molecule has 0 N–H and O–H groups in total. The van der Waals surface area contributed by atoms with Crippen LogP contribution in [0.5, 0.6) is 5.75 Å². The van der Waals surface area contributed by atoms with E-state index >= 15 is 0 Å². The minimum atomic E-state index is -3.57. The van der Waals surface area contributed by atoms with Crippen molar-refractivity contribution in [3.05, 3.63) is 37.1 Å². The van der Waals surface area contributed by atoms with Crippen molar-refractivity contribution in [2.45, 2.75) is 37.4 Å². The SMILES string of the molecule is CC(C)n1cnc(S(=O)(=O)N2CC[C@@H](Oc3ccncc3)C2)c1. The fraction of sp³-hybridized carbons (Fsp3) is 0.467. The van der Waals surface area contributed by atoms with Crippen molar-refractivity contribution in [2.24, 2.45) is 0 Å². The van der Waals surface area contributed by atoms with Crippen LogP contribution in [0.4, 0.5) is 0 Å².